The number of rotatable bonds is 12. The highest BCUT2D eigenvalue weighted by molar-refractivity contribution is 8.00. The van der Waals surface area contributed by atoms with Gasteiger partial charge in [-0.15, -0.1) is 10.2 Å². The molecule has 4 aromatic rings. The third-order valence-corrected chi connectivity index (χ3v) is 8.68. The highest BCUT2D eigenvalue weighted by Crippen LogP contribution is 2.45. The molecule has 1 aliphatic rings. The third kappa shape index (κ3) is 6.04. The minimum absolute atomic E-state index is 0.00649. The molecule has 2 aromatic heterocycles. The zero-order valence-electron chi connectivity index (χ0n) is 23.1. The zero-order chi connectivity index (χ0) is 29.8. The number of carbonyl (C=O) groups excluding carboxylic acids is 2. The number of aryl methyl sites for hydroxylation is 1. The summed E-state index contributed by atoms with van der Waals surface area (Å²) in [6.45, 7) is 4.27. The van der Waals surface area contributed by atoms with E-state index in [0.29, 0.717) is 39.5 Å². The summed E-state index contributed by atoms with van der Waals surface area (Å²) in [5.74, 6) is -0.490. The van der Waals surface area contributed by atoms with Crippen LogP contribution < -0.4 is 14.4 Å². The van der Waals surface area contributed by atoms with E-state index in [1.54, 1.807) is 43.3 Å². The van der Waals surface area contributed by atoms with Gasteiger partial charge >= 0.3 is 0 Å². The summed E-state index contributed by atoms with van der Waals surface area (Å²) in [4.78, 5) is 28.4. The molecule has 5 rings (SSSR count). The number of ether oxygens (including phenoxy) is 2. The van der Waals surface area contributed by atoms with E-state index in [0.717, 1.165) is 29.7 Å². The van der Waals surface area contributed by atoms with E-state index in [-0.39, 0.29) is 22.3 Å². The van der Waals surface area contributed by atoms with Crippen molar-refractivity contribution in [1.29, 1.82) is 0 Å². The minimum atomic E-state index is -1.04. The van der Waals surface area contributed by atoms with E-state index in [9.17, 15) is 19.1 Å². The van der Waals surface area contributed by atoms with Crippen LogP contribution in [0.5, 0.6) is 11.5 Å². The van der Waals surface area contributed by atoms with Crippen LogP contribution in [-0.2, 0) is 10.5 Å². The lowest BCUT2D eigenvalue weighted by Crippen LogP contribution is -2.31. The summed E-state index contributed by atoms with van der Waals surface area (Å²) in [6, 6.07) is 13.3. The van der Waals surface area contributed by atoms with Crippen LogP contribution in [0, 0.1) is 12.7 Å². The van der Waals surface area contributed by atoms with Crippen LogP contribution in [0.4, 0.5) is 9.52 Å². The molecule has 2 aromatic carbocycles. The summed E-state index contributed by atoms with van der Waals surface area (Å²) in [6.07, 6.45) is 1.83. The maximum Gasteiger partial charge on any atom is 0.296 e. The quantitative estimate of drug-likeness (QED) is 0.0798. The molecule has 0 saturated carbocycles. The van der Waals surface area contributed by atoms with Gasteiger partial charge in [0.2, 0.25) is 10.9 Å². The molecule has 1 aliphatic heterocycles. The van der Waals surface area contributed by atoms with Gasteiger partial charge in [0.25, 0.3) is 5.91 Å². The number of aliphatic hydroxyl groups excluding tert-OH is 1. The summed E-state index contributed by atoms with van der Waals surface area (Å²) in [5.41, 5.74) is 1.24. The van der Waals surface area contributed by atoms with Gasteiger partial charge in [0.15, 0.2) is 27.4 Å². The molecular weight excluding hydrogens is 581 g/mol. The van der Waals surface area contributed by atoms with Gasteiger partial charge in [-0.1, -0.05) is 54.6 Å². The van der Waals surface area contributed by atoms with Gasteiger partial charge in [0.05, 0.1) is 25.3 Å². The predicted molar refractivity (Wildman–Crippen MR) is 157 cm³/mol. The topological polar surface area (TPSA) is 115 Å². The van der Waals surface area contributed by atoms with Crippen LogP contribution in [0.2, 0.25) is 0 Å². The zero-order valence-corrected chi connectivity index (χ0v) is 24.8. The fourth-order valence-electron chi connectivity index (χ4n) is 4.42. The minimum Gasteiger partial charge on any atom is -0.503 e. The number of hydrogen-bond acceptors (Lipinski definition) is 10. The number of carbonyl (C=O) groups is 2. The Labute approximate surface area is 250 Å². The number of furan rings is 1. The van der Waals surface area contributed by atoms with E-state index >= 15 is 0 Å². The number of Topliss-reactive ketones (excluding diaryl/α,β-unsaturated/α-hetero) is 1. The molecule has 218 valence electrons. The van der Waals surface area contributed by atoms with Gasteiger partial charge in [-0.05, 0) is 60.9 Å². The number of ketones is 1. The first-order valence-electron chi connectivity index (χ1n) is 13.2. The van der Waals surface area contributed by atoms with Crippen molar-refractivity contribution in [3.8, 4) is 11.5 Å². The number of hydrogen-bond donors (Lipinski definition) is 1. The number of methoxy groups -OCH3 is 1. The first kappa shape index (κ1) is 29.3. The smallest absolute Gasteiger partial charge is 0.296 e. The van der Waals surface area contributed by atoms with Crippen molar-refractivity contribution in [3.05, 3.63) is 94.4 Å². The molecule has 12 heteroatoms. The summed E-state index contributed by atoms with van der Waals surface area (Å²) < 4.78 is 30.8. The number of anilines is 1. The Bertz CT molecular complexity index is 1630. The molecule has 0 aliphatic carbocycles. The van der Waals surface area contributed by atoms with Crippen molar-refractivity contribution < 1.29 is 33.0 Å². The maximum absolute atomic E-state index is 13.7. The first-order valence-corrected chi connectivity index (χ1v) is 15.0. The van der Waals surface area contributed by atoms with Crippen molar-refractivity contribution in [2.24, 2.45) is 0 Å². The maximum atomic E-state index is 13.7. The van der Waals surface area contributed by atoms with Gasteiger partial charge in [-0.3, -0.25) is 14.5 Å². The molecule has 3 heterocycles. The molecule has 0 radical (unpaired) electrons. The number of thioether (sulfide) groups is 1. The number of halogens is 1. The Morgan fingerprint density at radius 3 is 2.62 bits per heavy atom. The Hall–Kier alpha value is -4.16. The summed E-state index contributed by atoms with van der Waals surface area (Å²) >= 11 is 2.51. The lowest BCUT2D eigenvalue weighted by atomic mass is 9.95. The molecule has 0 fully saturated rings. The molecule has 1 N–H and O–H groups in total. The molecule has 1 atom stereocenters. The second-order valence-corrected chi connectivity index (χ2v) is 11.6. The predicted octanol–water partition coefficient (Wildman–Crippen LogP) is 6.84. The second-order valence-electron chi connectivity index (χ2n) is 9.46. The van der Waals surface area contributed by atoms with Crippen LogP contribution in [0.1, 0.15) is 53.2 Å². The molecule has 42 heavy (non-hydrogen) atoms. The highest BCUT2D eigenvalue weighted by atomic mass is 32.2. The molecular formula is C30H28FN3O6S2. The van der Waals surface area contributed by atoms with Gasteiger partial charge in [0.1, 0.15) is 11.6 Å². The van der Waals surface area contributed by atoms with Crippen molar-refractivity contribution in [2.45, 2.75) is 42.8 Å². The SMILES string of the molecule is CCCCOc1ccc(C2C(C(=O)c3ccc(C)o3)=C(O)C(=O)N2c2nnc(SCc3ccc(F)cc3)s2)cc1OC. The number of unbranched alkanes of at least 4 members (excludes halogenated alkanes) is 1. The summed E-state index contributed by atoms with van der Waals surface area (Å²) in [7, 11) is 1.50. The van der Waals surface area contributed by atoms with Crippen molar-refractivity contribution in [1.82, 2.24) is 10.2 Å². The molecule has 1 unspecified atom stereocenters. The third-order valence-electron chi connectivity index (χ3n) is 6.55. The lowest BCUT2D eigenvalue weighted by molar-refractivity contribution is -0.117. The number of nitrogens with zero attached hydrogens (tertiary/aromatic N) is 3. The average molecular weight is 610 g/mol. The van der Waals surface area contributed by atoms with Gasteiger partial charge in [-0.25, -0.2) is 4.39 Å². The lowest BCUT2D eigenvalue weighted by Gasteiger charge is -2.24. The monoisotopic (exact) mass is 609 g/mol. The van der Waals surface area contributed by atoms with Crippen LogP contribution in [0.3, 0.4) is 0 Å². The van der Waals surface area contributed by atoms with Gasteiger partial charge < -0.3 is 19.0 Å². The van der Waals surface area contributed by atoms with Crippen LogP contribution in [0.15, 0.2) is 74.7 Å². The Morgan fingerprint density at radius 1 is 1.14 bits per heavy atom. The van der Waals surface area contributed by atoms with Crippen LogP contribution in [-0.4, -0.2) is 40.7 Å². The first-order chi connectivity index (χ1) is 20.3. The fraction of sp³-hybridized carbons (Fsp3) is 0.267. The van der Waals surface area contributed by atoms with Gasteiger partial charge in [0, 0.05) is 5.75 Å². The standard InChI is InChI=1S/C30H28FN3O6S2/c1-4-5-14-39-21-13-9-19(15-23(21)38-3)25-24(26(35)22-12-6-17(2)40-22)27(36)28(37)34(25)29-32-33-30(42-29)41-16-18-7-10-20(31)11-8-18/h6-13,15,25,36H,4-5,14,16H2,1-3H3. The largest absolute Gasteiger partial charge is 0.503 e. The normalized spacial score (nSPS) is 15.0. The number of benzene rings is 2. The summed E-state index contributed by atoms with van der Waals surface area (Å²) in [5, 5.41) is 19.7. The molecule has 9 nitrogen and oxygen atoms in total. The van der Waals surface area contributed by atoms with Gasteiger partial charge in [-0.2, -0.15) is 0 Å². The van der Waals surface area contributed by atoms with E-state index in [4.69, 9.17) is 13.9 Å². The molecule has 1 amide bonds. The van der Waals surface area contributed by atoms with E-state index in [1.807, 2.05) is 0 Å². The van der Waals surface area contributed by atoms with Crippen molar-refractivity contribution in [2.75, 3.05) is 18.6 Å². The Kier molecular flexibility index (Phi) is 8.93. The number of amides is 1. The fourth-order valence-corrected chi connectivity index (χ4v) is 6.25. The Balaban J connectivity index is 1.51. The molecule has 0 bridgehead atoms. The molecule has 0 saturated heterocycles. The number of aliphatic hydroxyl groups is 1. The second kappa shape index (κ2) is 12.8. The van der Waals surface area contributed by atoms with Crippen LogP contribution >= 0.6 is 23.1 Å². The highest BCUT2D eigenvalue weighted by Gasteiger charge is 2.47. The van der Waals surface area contributed by atoms with E-state index < -0.39 is 23.5 Å². The van der Waals surface area contributed by atoms with Crippen LogP contribution in [0.25, 0.3) is 0 Å². The van der Waals surface area contributed by atoms with E-state index in [1.165, 1.54) is 42.0 Å². The van der Waals surface area contributed by atoms with Crippen molar-refractivity contribution >= 4 is 39.9 Å². The molecule has 0 spiro atoms. The van der Waals surface area contributed by atoms with E-state index in [2.05, 4.69) is 17.1 Å². The van der Waals surface area contributed by atoms with Crippen molar-refractivity contribution in [3.63, 3.8) is 0 Å². The number of aromatic nitrogens is 2. The average Bonchev–Trinajstić information content (AvgIpc) is 3.71. The Morgan fingerprint density at radius 2 is 1.93 bits per heavy atom.